The maximum atomic E-state index is 5.28. The fourth-order valence-corrected chi connectivity index (χ4v) is 5.64. The standard InChI is InChI=1S/C22H17N3OS2/c1-26-15-8-6-7-14(13-15)23-21-24-25-22(28-21)27-20-18-11-4-2-9-16(18)17-10-3-5-12-19(17)20/h2-13,20H,1H3,(H,23,24). The minimum atomic E-state index is 0.241. The molecule has 5 rings (SSSR count). The van der Waals surface area contributed by atoms with Crippen molar-refractivity contribution in [3.63, 3.8) is 0 Å². The molecule has 0 bridgehead atoms. The summed E-state index contributed by atoms with van der Waals surface area (Å²) in [5.41, 5.74) is 6.24. The summed E-state index contributed by atoms with van der Waals surface area (Å²) in [6.07, 6.45) is 0. The Morgan fingerprint density at radius 2 is 1.61 bits per heavy atom. The Bertz CT molecular complexity index is 1100. The molecule has 1 aliphatic carbocycles. The van der Waals surface area contributed by atoms with Gasteiger partial charge in [-0.25, -0.2) is 0 Å². The number of nitrogens with zero attached hydrogens (tertiary/aromatic N) is 2. The molecule has 0 saturated heterocycles. The van der Waals surface area contributed by atoms with Crippen LogP contribution < -0.4 is 10.1 Å². The van der Waals surface area contributed by atoms with Crippen LogP contribution in [0.15, 0.2) is 77.1 Å². The van der Waals surface area contributed by atoms with E-state index in [1.807, 2.05) is 24.3 Å². The first kappa shape index (κ1) is 17.3. The highest BCUT2D eigenvalue weighted by Crippen LogP contribution is 2.52. The Morgan fingerprint density at radius 3 is 2.32 bits per heavy atom. The Labute approximate surface area is 171 Å². The monoisotopic (exact) mass is 403 g/mol. The third-order valence-corrected chi connectivity index (χ3v) is 6.92. The lowest BCUT2D eigenvalue weighted by molar-refractivity contribution is 0.415. The number of benzene rings is 3. The number of aromatic nitrogens is 2. The second-order valence-electron chi connectivity index (χ2n) is 6.40. The zero-order valence-electron chi connectivity index (χ0n) is 15.1. The van der Waals surface area contributed by atoms with Gasteiger partial charge < -0.3 is 10.1 Å². The Kier molecular flexibility index (Phi) is 4.50. The van der Waals surface area contributed by atoms with E-state index in [4.69, 9.17) is 4.74 Å². The molecule has 0 atom stereocenters. The molecule has 138 valence electrons. The number of anilines is 2. The second-order valence-corrected chi connectivity index (χ2v) is 8.73. The van der Waals surface area contributed by atoms with Crippen LogP contribution in [0.3, 0.4) is 0 Å². The van der Waals surface area contributed by atoms with Crippen LogP contribution in [0.5, 0.6) is 5.75 Å². The lowest BCUT2D eigenvalue weighted by atomic mass is 10.1. The summed E-state index contributed by atoms with van der Waals surface area (Å²) in [4.78, 5) is 0. The average Bonchev–Trinajstić information content (AvgIpc) is 3.31. The van der Waals surface area contributed by atoms with Crippen molar-refractivity contribution in [3.8, 4) is 16.9 Å². The Balaban J connectivity index is 1.40. The van der Waals surface area contributed by atoms with Crippen molar-refractivity contribution in [2.45, 2.75) is 9.59 Å². The van der Waals surface area contributed by atoms with E-state index in [9.17, 15) is 0 Å². The van der Waals surface area contributed by atoms with Gasteiger partial charge in [0.25, 0.3) is 0 Å². The van der Waals surface area contributed by atoms with Crippen molar-refractivity contribution in [2.75, 3.05) is 12.4 Å². The molecule has 0 saturated carbocycles. The van der Waals surface area contributed by atoms with Crippen molar-refractivity contribution in [3.05, 3.63) is 83.9 Å². The molecule has 0 unspecified atom stereocenters. The van der Waals surface area contributed by atoms with Crippen LogP contribution in [0.4, 0.5) is 10.8 Å². The van der Waals surface area contributed by atoms with Gasteiger partial charge in [0.15, 0.2) is 4.34 Å². The molecule has 1 aromatic heterocycles. The minimum Gasteiger partial charge on any atom is -0.497 e. The molecule has 6 heteroatoms. The molecule has 4 aromatic rings. The van der Waals surface area contributed by atoms with E-state index in [-0.39, 0.29) is 5.25 Å². The minimum absolute atomic E-state index is 0.241. The highest BCUT2D eigenvalue weighted by molar-refractivity contribution is 8.01. The van der Waals surface area contributed by atoms with Crippen LogP contribution in [0.2, 0.25) is 0 Å². The van der Waals surface area contributed by atoms with E-state index in [1.165, 1.54) is 22.3 Å². The van der Waals surface area contributed by atoms with Crippen molar-refractivity contribution >= 4 is 33.9 Å². The number of ether oxygens (including phenoxy) is 1. The van der Waals surface area contributed by atoms with Crippen LogP contribution in [0.1, 0.15) is 16.4 Å². The molecule has 0 radical (unpaired) electrons. The smallest absolute Gasteiger partial charge is 0.210 e. The average molecular weight is 404 g/mol. The number of thioether (sulfide) groups is 1. The van der Waals surface area contributed by atoms with Gasteiger partial charge >= 0.3 is 0 Å². The van der Waals surface area contributed by atoms with Crippen LogP contribution in [-0.2, 0) is 0 Å². The SMILES string of the molecule is COc1cccc(Nc2nnc(SC3c4ccccc4-c4ccccc43)s2)c1. The largest absolute Gasteiger partial charge is 0.497 e. The van der Waals surface area contributed by atoms with E-state index >= 15 is 0 Å². The summed E-state index contributed by atoms with van der Waals surface area (Å²) in [5, 5.41) is 13.0. The van der Waals surface area contributed by atoms with E-state index in [2.05, 4.69) is 64.0 Å². The zero-order valence-corrected chi connectivity index (χ0v) is 16.8. The van der Waals surface area contributed by atoms with Gasteiger partial charge in [0, 0.05) is 11.8 Å². The molecule has 0 amide bonds. The Hall–Kier alpha value is -2.83. The van der Waals surface area contributed by atoms with Crippen molar-refractivity contribution < 1.29 is 4.74 Å². The normalized spacial score (nSPS) is 12.5. The topological polar surface area (TPSA) is 47.0 Å². The first-order chi connectivity index (χ1) is 13.8. The van der Waals surface area contributed by atoms with Crippen molar-refractivity contribution in [1.29, 1.82) is 0 Å². The molecule has 0 aliphatic heterocycles. The van der Waals surface area contributed by atoms with Crippen LogP contribution in [0.25, 0.3) is 11.1 Å². The van der Waals surface area contributed by atoms with Crippen molar-refractivity contribution in [2.24, 2.45) is 0 Å². The molecule has 28 heavy (non-hydrogen) atoms. The summed E-state index contributed by atoms with van der Waals surface area (Å²) >= 11 is 3.32. The summed E-state index contributed by atoms with van der Waals surface area (Å²) in [7, 11) is 1.66. The van der Waals surface area contributed by atoms with Gasteiger partial charge in [0.2, 0.25) is 5.13 Å². The van der Waals surface area contributed by atoms with Crippen LogP contribution in [-0.4, -0.2) is 17.3 Å². The first-order valence-electron chi connectivity index (χ1n) is 8.91. The number of nitrogens with one attached hydrogen (secondary N) is 1. The van der Waals surface area contributed by atoms with Gasteiger partial charge in [-0.2, -0.15) is 0 Å². The van der Waals surface area contributed by atoms with Gasteiger partial charge in [-0.1, -0.05) is 77.7 Å². The number of methoxy groups -OCH3 is 1. The van der Waals surface area contributed by atoms with E-state index in [0.29, 0.717) is 0 Å². The Morgan fingerprint density at radius 1 is 0.893 bits per heavy atom. The van der Waals surface area contributed by atoms with E-state index in [0.717, 1.165) is 20.9 Å². The molecule has 0 fully saturated rings. The lowest BCUT2D eigenvalue weighted by Gasteiger charge is -2.10. The quantitative estimate of drug-likeness (QED) is 0.433. The van der Waals surface area contributed by atoms with Gasteiger partial charge in [-0.15, -0.1) is 10.2 Å². The van der Waals surface area contributed by atoms with Gasteiger partial charge in [0.1, 0.15) is 5.75 Å². The summed E-state index contributed by atoms with van der Waals surface area (Å²) < 4.78 is 6.22. The summed E-state index contributed by atoms with van der Waals surface area (Å²) in [6.45, 7) is 0. The molecule has 4 nitrogen and oxygen atoms in total. The van der Waals surface area contributed by atoms with Crippen LogP contribution in [0, 0.1) is 0 Å². The number of hydrogen-bond donors (Lipinski definition) is 1. The maximum absolute atomic E-state index is 5.28. The number of rotatable bonds is 5. The third kappa shape index (κ3) is 3.15. The zero-order chi connectivity index (χ0) is 18.9. The molecular formula is C22H17N3OS2. The highest BCUT2D eigenvalue weighted by atomic mass is 32.2. The second kappa shape index (κ2) is 7.30. The molecular weight excluding hydrogens is 386 g/mol. The molecule has 3 aromatic carbocycles. The lowest BCUT2D eigenvalue weighted by Crippen LogP contribution is -1.90. The number of fused-ring (bicyclic) bond motifs is 3. The van der Waals surface area contributed by atoms with Gasteiger partial charge in [0.05, 0.1) is 12.4 Å². The third-order valence-electron chi connectivity index (χ3n) is 4.72. The summed E-state index contributed by atoms with van der Waals surface area (Å²) in [5.74, 6) is 0.809. The fraction of sp³-hybridized carbons (Fsp3) is 0.0909. The molecule has 1 N–H and O–H groups in total. The molecule has 1 aliphatic rings. The predicted molar refractivity (Wildman–Crippen MR) is 116 cm³/mol. The van der Waals surface area contributed by atoms with E-state index < -0.39 is 0 Å². The maximum Gasteiger partial charge on any atom is 0.210 e. The fourth-order valence-electron chi connectivity index (χ4n) is 3.47. The molecule has 1 heterocycles. The van der Waals surface area contributed by atoms with E-state index in [1.54, 1.807) is 30.2 Å². The summed E-state index contributed by atoms with van der Waals surface area (Å²) in [6, 6.07) is 25.0. The van der Waals surface area contributed by atoms with Gasteiger partial charge in [-0.05, 0) is 34.4 Å². The first-order valence-corrected chi connectivity index (χ1v) is 10.6. The van der Waals surface area contributed by atoms with Gasteiger partial charge in [-0.3, -0.25) is 0 Å². The number of hydrogen-bond acceptors (Lipinski definition) is 6. The highest BCUT2D eigenvalue weighted by Gasteiger charge is 2.29. The van der Waals surface area contributed by atoms with Crippen molar-refractivity contribution in [1.82, 2.24) is 10.2 Å². The van der Waals surface area contributed by atoms with Crippen LogP contribution >= 0.6 is 23.1 Å². The molecule has 0 spiro atoms. The predicted octanol–water partition coefficient (Wildman–Crippen LogP) is 6.15.